The van der Waals surface area contributed by atoms with Crippen LogP contribution in [0.1, 0.15) is 6.42 Å². The molecule has 0 saturated heterocycles. The Labute approximate surface area is 145 Å². The molecule has 0 atom stereocenters. The number of hydrogen-bond acceptors (Lipinski definition) is 5. The molecule has 0 fully saturated rings. The van der Waals surface area contributed by atoms with E-state index in [1.807, 2.05) is 50.1 Å². The van der Waals surface area contributed by atoms with Crippen molar-refractivity contribution in [3.8, 4) is 0 Å². The molecule has 0 spiro atoms. The maximum Gasteiger partial charge on any atom is 0.240 e. The lowest BCUT2D eigenvalue weighted by molar-refractivity contribution is -0.119. The van der Waals surface area contributed by atoms with Crippen LogP contribution in [0.2, 0.25) is 0 Å². The van der Waals surface area contributed by atoms with E-state index in [1.54, 1.807) is 12.1 Å². The fourth-order valence-corrected chi connectivity index (χ4v) is 2.98. The van der Waals surface area contributed by atoms with E-state index >= 15 is 0 Å². The van der Waals surface area contributed by atoms with Crippen molar-refractivity contribution in [1.29, 1.82) is 0 Å². The van der Waals surface area contributed by atoms with E-state index in [2.05, 4.69) is 5.32 Å². The van der Waals surface area contributed by atoms with Gasteiger partial charge in [0, 0.05) is 26.3 Å². The molecule has 1 rings (SSSR count). The Balaban J connectivity index is 2.75. The summed E-state index contributed by atoms with van der Waals surface area (Å²) in [6, 6.07) is 7.05. The van der Waals surface area contributed by atoms with Crippen molar-refractivity contribution in [2.75, 3.05) is 63.3 Å². The van der Waals surface area contributed by atoms with Crippen molar-refractivity contribution in [3.63, 3.8) is 0 Å². The molecule has 0 radical (unpaired) electrons. The number of anilines is 2. The van der Waals surface area contributed by atoms with Crippen molar-refractivity contribution in [3.05, 3.63) is 24.3 Å². The van der Waals surface area contributed by atoms with E-state index in [4.69, 9.17) is 0 Å². The van der Waals surface area contributed by atoms with E-state index in [-0.39, 0.29) is 12.5 Å². The largest absolute Gasteiger partial charge is 0.378 e. The number of carbonyl (C=O) groups is 1. The zero-order valence-corrected chi connectivity index (χ0v) is 15.9. The lowest BCUT2D eigenvalue weighted by atomic mass is 10.2. The Kier molecular flexibility index (Phi) is 7.50. The Hall–Kier alpha value is -1.80. The van der Waals surface area contributed by atoms with Gasteiger partial charge in [0.15, 0.2) is 0 Å². The maximum atomic E-state index is 12.1. The fraction of sp³-hybridized carbons (Fsp3) is 0.562. The Morgan fingerprint density at radius 2 is 1.58 bits per heavy atom. The molecule has 0 aliphatic rings. The molecule has 1 aromatic carbocycles. The van der Waals surface area contributed by atoms with Gasteiger partial charge in [0.25, 0.3) is 0 Å². The normalized spacial score (nSPS) is 11.4. The number of rotatable bonds is 9. The third-order valence-electron chi connectivity index (χ3n) is 3.45. The van der Waals surface area contributed by atoms with Gasteiger partial charge in [-0.2, -0.15) is 0 Å². The van der Waals surface area contributed by atoms with Gasteiger partial charge in [-0.25, -0.2) is 8.42 Å². The third kappa shape index (κ3) is 6.76. The van der Waals surface area contributed by atoms with Gasteiger partial charge < -0.3 is 15.1 Å². The highest BCUT2D eigenvalue weighted by molar-refractivity contribution is 7.92. The van der Waals surface area contributed by atoms with Gasteiger partial charge in [0.2, 0.25) is 15.9 Å². The number of benzene rings is 1. The standard InChI is InChI=1S/C16H28N4O3S/c1-18(2)12-6-11-17-16(21)13-20(24(5,22)23)15-9-7-14(8-10-15)19(3)4/h7-10H,6,11-13H2,1-5H3,(H,17,21). The second kappa shape index (κ2) is 8.89. The van der Waals surface area contributed by atoms with Crippen LogP contribution in [0.4, 0.5) is 11.4 Å². The summed E-state index contributed by atoms with van der Waals surface area (Å²) in [5, 5.41) is 2.76. The van der Waals surface area contributed by atoms with E-state index in [1.165, 1.54) is 0 Å². The molecule has 0 heterocycles. The van der Waals surface area contributed by atoms with Gasteiger partial charge in [-0.05, 0) is 51.3 Å². The van der Waals surface area contributed by atoms with E-state index in [0.29, 0.717) is 12.2 Å². The SMILES string of the molecule is CN(C)CCCNC(=O)CN(c1ccc(N(C)C)cc1)S(C)(=O)=O. The second-order valence-electron chi connectivity index (χ2n) is 6.19. The number of sulfonamides is 1. The molecule has 24 heavy (non-hydrogen) atoms. The number of nitrogens with one attached hydrogen (secondary N) is 1. The molecule has 0 saturated carbocycles. The monoisotopic (exact) mass is 356 g/mol. The minimum absolute atomic E-state index is 0.220. The van der Waals surface area contributed by atoms with Crippen molar-refractivity contribution in [2.45, 2.75) is 6.42 Å². The first-order valence-electron chi connectivity index (χ1n) is 7.78. The lowest BCUT2D eigenvalue weighted by Gasteiger charge is -2.23. The van der Waals surface area contributed by atoms with Crippen LogP contribution in [0.15, 0.2) is 24.3 Å². The first-order chi connectivity index (χ1) is 11.1. The average Bonchev–Trinajstić information content (AvgIpc) is 2.48. The van der Waals surface area contributed by atoms with Crippen molar-refractivity contribution in [1.82, 2.24) is 10.2 Å². The van der Waals surface area contributed by atoms with Gasteiger partial charge in [-0.15, -0.1) is 0 Å². The van der Waals surface area contributed by atoms with Crippen LogP contribution in [0.5, 0.6) is 0 Å². The molecule has 1 N–H and O–H groups in total. The third-order valence-corrected chi connectivity index (χ3v) is 4.59. The molecular formula is C16H28N4O3S. The smallest absolute Gasteiger partial charge is 0.240 e. The molecule has 8 heteroatoms. The summed E-state index contributed by atoms with van der Waals surface area (Å²) in [7, 11) is 4.20. The van der Waals surface area contributed by atoms with Crippen LogP contribution >= 0.6 is 0 Å². The fourth-order valence-electron chi connectivity index (χ4n) is 2.13. The summed E-state index contributed by atoms with van der Waals surface area (Å²) in [5.74, 6) is -0.309. The van der Waals surface area contributed by atoms with Gasteiger partial charge in [0.1, 0.15) is 6.54 Å². The zero-order valence-electron chi connectivity index (χ0n) is 15.1. The Bertz CT molecular complexity index is 627. The Morgan fingerprint density at radius 3 is 2.04 bits per heavy atom. The molecule has 136 valence electrons. The van der Waals surface area contributed by atoms with E-state index < -0.39 is 10.0 Å². The minimum Gasteiger partial charge on any atom is -0.378 e. The lowest BCUT2D eigenvalue weighted by Crippen LogP contribution is -2.41. The predicted molar refractivity (Wildman–Crippen MR) is 99.1 cm³/mol. The van der Waals surface area contributed by atoms with E-state index in [0.717, 1.165) is 29.2 Å². The van der Waals surface area contributed by atoms with E-state index in [9.17, 15) is 13.2 Å². The molecular weight excluding hydrogens is 328 g/mol. The highest BCUT2D eigenvalue weighted by atomic mass is 32.2. The molecule has 7 nitrogen and oxygen atoms in total. The molecule has 1 aromatic rings. The number of hydrogen-bond donors (Lipinski definition) is 1. The van der Waals surface area contributed by atoms with Crippen LogP contribution in [-0.2, 0) is 14.8 Å². The summed E-state index contributed by atoms with van der Waals surface area (Å²) >= 11 is 0. The van der Waals surface area contributed by atoms with Crippen molar-refractivity contribution >= 4 is 27.3 Å². The molecule has 0 aromatic heterocycles. The summed E-state index contributed by atoms with van der Waals surface area (Å²) in [6.45, 7) is 1.17. The molecule has 0 aliphatic carbocycles. The van der Waals surface area contributed by atoms with Crippen molar-refractivity contribution in [2.24, 2.45) is 0 Å². The molecule has 0 unspecified atom stereocenters. The van der Waals surface area contributed by atoms with Gasteiger partial charge in [0.05, 0.1) is 11.9 Å². The second-order valence-corrected chi connectivity index (χ2v) is 8.09. The summed E-state index contributed by atoms with van der Waals surface area (Å²) in [6.07, 6.45) is 1.92. The topological polar surface area (TPSA) is 73.0 Å². The van der Waals surface area contributed by atoms with Crippen LogP contribution in [0.25, 0.3) is 0 Å². The highest BCUT2D eigenvalue weighted by Crippen LogP contribution is 2.21. The predicted octanol–water partition coefficient (Wildman–Crippen LogP) is 0.587. The van der Waals surface area contributed by atoms with Crippen LogP contribution in [-0.4, -0.2) is 73.3 Å². The van der Waals surface area contributed by atoms with Gasteiger partial charge >= 0.3 is 0 Å². The average molecular weight is 356 g/mol. The van der Waals surface area contributed by atoms with Crippen LogP contribution in [0.3, 0.4) is 0 Å². The number of amides is 1. The van der Waals surface area contributed by atoms with Gasteiger partial charge in [-0.1, -0.05) is 0 Å². The summed E-state index contributed by atoms with van der Waals surface area (Å²) in [5.41, 5.74) is 1.44. The Morgan fingerprint density at radius 1 is 1.04 bits per heavy atom. The summed E-state index contributed by atoms with van der Waals surface area (Å²) < 4.78 is 25.2. The van der Waals surface area contributed by atoms with Crippen molar-refractivity contribution < 1.29 is 13.2 Å². The number of nitrogens with zero attached hydrogens (tertiary/aromatic N) is 3. The minimum atomic E-state index is -3.54. The molecule has 0 aliphatic heterocycles. The maximum absolute atomic E-state index is 12.1. The first-order valence-corrected chi connectivity index (χ1v) is 9.62. The van der Waals surface area contributed by atoms with Crippen LogP contribution in [0, 0.1) is 0 Å². The van der Waals surface area contributed by atoms with Crippen LogP contribution < -0.4 is 14.5 Å². The molecule has 1 amide bonds. The number of carbonyl (C=O) groups excluding carboxylic acids is 1. The zero-order chi connectivity index (χ0) is 18.3. The molecule has 0 bridgehead atoms. The first kappa shape index (κ1) is 20.2. The van der Waals surface area contributed by atoms with Gasteiger partial charge in [-0.3, -0.25) is 9.10 Å². The quantitative estimate of drug-likeness (QED) is 0.656. The summed E-state index contributed by atoms with van der Waals surface area (Å²) in [4.78, 5) is 16.0. The highest BCUT2D eigenvalue weighted by Gasteiger charge is 2.20.